The molecule has 6 heteroatoms. The van der Waals surface area contributed by atoms with Gasteiger partial charge >= 0.3 is 5.69 Å². The lowest BCUT2D eigenvalue weighted by Gasteiger charge is -2.26. The van der Waals surface area contributed by atoms with Gasteiger partial charge in [0.15, 0.2) is 0 Å². The van der Waals surface area contributed by atoms with Gasteiger partial charge in [0.25, 0.3) is 5.56 Å². The molecule has 0 radical (unpaired) electrons. The van der Waals surface area contributed by atoms with Gasteiger partial charge in [0.1, 0.15) is 0 Å². The lowest BCUT2D eigenvalue weighted by atomic mass is 10.0. The summed E-state index contributed by atoms with van der Waals surface area (Å²) < 4.78 is 0. The van der Waals surface area contributed by atoms with Gasteiger partial charge in [-0.1, -0.05) is 13.8 Å². The highest BCUT2D eigenvalue weighted by Gasteiger charge is 2.17. The van der Waals surface area contributed by atoms with E-state index < -0.39 is 11.2 Å². The average Bonchev–Trinajstić information content (AvgIpc) is 2.35. The van der Waals surface area contributed by atoms with Gasteiger partial charge in [0.2, 0.25) is 5.91 Å². The van der Waals surface area contributed by atoms with E-state index in [0.717, 1.165) is 6.42 Å². The van der Waals surface area contributed by atoms with Crippen LogP contribution >= 0.6 is 0 Å². The van der Waals surface area contributed by atoms with Crippen LogP contribution in [0.1, 0.15) is 44.9 Å². The molecule has 6 nitrogen and oxygen atoms in total. The second-order valence-electron chi connectivity index (χ2n) is 6.00. The molecule has 1 atom stereocenters. The molecule has 0 aromatic carbocycles. The molecule has 1 unspecified atom stereocenters. The highest BCUT2D eigenvalue weighted by molar-refractivity contribution is 5.76. The minimum Gasteiger partial charge on any atom is -0.343 e. The number of amides is 1. The van der Waals surface area contributed by atoms with Crippen LogP contribution in [0.5, 0.6) is 0 Å². The fourth-order valence-electron chi connectivity index (χ4n) is 2.42. The normalized spacial score (nSPS) is 12.5. The third-order valence-corrected chi connectivity index (χ3v) is 3.71. The number of carbonyl (C=O) groups is 1. The maximum Gasteiger partial charge on any atom is 0.325 e. The number of rotatable bonds is 6. The largest absolute Gasteiger partial charge is 0.343 e. The standard InChI is InChI=1S/C15H25N3O3/c1-9(2)8-10(3)18(5)13(19)7-6-12-11(4)16-15(21)17-14(12)20/h9-10H,6-8H2,1-5H3,(H2,16,17,20,21). The maximum atomic E-state index is 12.2. The zero-order chi connectivity index (χ0) is 16.2. The van der Waals surface area contributed by atoms with Crippen molar-refractivity contribution in [2.75, 3.05) is 7.05 Å². The number of nitrogens with zero attached hydrogens (tertiary/aromatic N) is 1. The summed E-state index contributed by atoms with van der Waals surface area (Å²) in [6.45, 7) is 7.94. The second kappa shape index (κ2) is 7.24. The van der Waals surface area contributed by atoms with Gasteiger partial charge in [-0.3, -0.25) is 14.6 Å². The van der Waals surface area contributed by atoms with Crippen molar-refractivity contribution >= 4 is 5.91 Å². The van der Waals surface area contributed by atoms with Crippen molar-refractivity contribution in [2.24, 2.45) is 5.92 Å². The number of carbonyl (C=O) groups excluding carboxylic acids is 1. The summed E-state index contributed by atoms with van der Waals surface area (Å²) in [6, 6.07) is 0.174. The number of hydrogen-bond donors (Lipinski definition) is 2. The minimum atomic E-state index is -0.518. The Morgan fingerprint density at radius 1 is 1.19 bits per heavy atom. The molecule has 21 heavy (non-hydrogen) atoms. The third-order valence-electron chi connectivity index (χ3n) is 3.71. The van der Waals surface area contributed by atoms with Crippen molar-refractivity contribution in [3.05, 3.63) is 32.1 Å². The number of aryl methyl sites for hydroxylation is 1. The summed E-state index contributed by atoms with van der Waals surface area (Å²) >= 11 is 0. The fourth-order valence-corrected chi connectivity index (χ4v) is 2.42. The summed E-state index contributed by atoms with van der Waals surface area (Å²) in [5.74, 6) is 0.535. The Kier molecular flexibility index (Phi) is 5.93. The van der Waals surface area contributed by atoms with Crippen molar-refractivity contribution in [3.63, 3.8) is 0 Å². The van der Waals surface area contributed by atoms with Gasteiger partial charge < -0.3 is 9.88 Å². The van der Waals surface area contributed by atoms with E-state index in [-0.39, 0.29) is 18.4 Å². The molecule has 1 amide bonds. The Bertz CT molecular complexity index is 601. The van der Waals surface area contributed by atoms with Gasteiger partial charge in [-0.05, 0) is 32.6 Å². The van der Waals surface area contributed by atoms with Crippen LogP contribution in [0.25, 0.3) is 0 Å². The van der Waals surface area contributed by atoms with E-state index in [9.17, 15) is 14.4 Å². The summed E-state index contributed by atoms with van der Waals surface area (Å²) in [7, 11) is 1.79. The molecule has 2 N–H and O–H groups in total. The summed E-state index contributed by atoms with van der Waals surface area (Å²) in [5, 5.41) is 0. The summed E-state index contributed by atoms with van der Waals surface area (Å²) in [6.07, 6.45) is 1.53. The van der Waals surface area contributed by atoms with Crippen LogP contribution in [0.15, 0.2) is 9.59 Å². The highest BCUT2D eigenvalue weighted by atomic mass is 16.2. The Morgan fingerprint density at radius 2 is 1.81 bits per heavy atom. The highest BCUT2D eigenvalue weighted by Crippen LogP contribution is 2.11. The molecule has 0 aliphatic heterocycles. The Balaban J connectivity index is 2.69. The molecule has 0 aliphatic rings. The van der Waals surface area contributed by atoms with Crippen molar-refractivity contribution < 1.29 is 4.79 Å². The van der Waals surface area contributed by atoms with Crippen molar-refractivity contribution in [3.8, 4) is 0 Å². The summed E-state index contributed by atoms with van der Waals surface area (Å²) in [5.41, 5.74) is 0.0551. The zero-order valence-corrected chi connectivity index (χ0v) is 13.4. The first-order chi connectivity index (χ1) is 9.72. The first-order valence-corrected chi connectivity index (χ1v) is 7.30. The average molecular weight is 295 g/mol. The molecule has 118 valence electrons. The van der Waals surface area contributed by atoms with Gasteiger partial charge in [-0.15, -0.1) is 0 Å². The quantitative estimate of drug-likeness (QED) is 0.826. The molecule has 1 aromatic rings. The second-order valence-corrected chi connectivity index (χ2v) is 6.00. The van der Waals surface area contributed by atoms with Crippen LogP contribution in [0.2, 0.25) is 0 Å². The first-order valence-electron chi connectivity index (χ1n) is 7.30. The SMILES string of the molecule is Cc1[nH]c(=O)[nH]c(=O)c1CCC(=O)N(C)C(C)CC(C)C. The van der Waals surface area contributed by atoms with Gasteiger partial charge in [-0.25, -0.2) is 4.79 Å². The van der Waals surface area contributed by atoms with E-state index in [4.69, 9.17) is 0 Å². The van der Waals surface area contributed by atoms with E-state index >= 15 is 0 Å². The molecule has 0 bridgehead atoms. The van der Waals surface area contributed by atoms with Crippen LogP contribution in [0.3, 0.4) is 0 Å². The monoisotopic (exact) mass is 295 g/mol. The lowest BCUT2D eigenvalue weighted by Crippen LogP contribution is -2.36. The third kappa shape index (κ3) is 4.88. The van der Waals surface area contributed by atoms with Crippen LogP contribution in [-0.2, 0) is 11.2 Å². The van der Waals surface area contributed by atoms with Crippen molar-refractivity contribution in [1.82, 2.24) is 14.9 Å². The number of aromatic nitrogens is 2. The molecule has 0 fully saturated rings. The Labute approximate surface area is 124 Å². The molecular weight excluding hydrogens is 270 g/mol. The van der Waals surface area contributed by atoms with Crippen molar-refractivity contribution in [1.29, 1.82) is 0 Å². The molecule has 1 aromatic heterocycles. The molecule has 0 saturated heterocycles. The number of H-pyrrole nitrogens is 2. The Hall–Kier alpha value is -1.85. The minimum absolute atomic E-state index is 0.00755. The van der Waals surface area contributed by atoms with Crippen LogP contribution in [0, 0.1) is 12.8 Å². The van der Waals surface area contributed by atoms with Gasteiger partial charge in [0.05, 0.1) is 0 Å². The van der Waals surface area contributed by atoms with E-state index in [1.807, 2.05) is 6.92 Å². The van der Waals surface area contributed by atoms with Crippen molar-refractivity contribution in [2.45, 2.75) is 53.0 Å². The summed E-state index contributed by atoms with van der Waals surface area (Å²) in [4.78, 5) is 41.5. The predicted molar refractivity (Wildman–Crippen MR) is 82.4 cm³/mol. The molecule has 1 rings (SSSR count). The van der Waals surface area contributed by atoms with Crippen LogP contribution in [-0.4, -0.2) is 33.9 Å². The van der Waals surface area contributed by atoms with E-state index in [1.165, 1.54) is 0 Å². The molecular formula is C15H25N3O3. The number of aromatic amines is 2. The van der Waals surface area contributed by atoms with Gasteiger partial charge in [0, 0.05) is 30.8 Å². The maximum absolute atomic E-state index is 12.2. The van der Waals surface area contributed by atoms with Gasteiger partial charge in [-0.2, -0.15) is 0 Å². The topological polar surface area (TPSA) is 86.0 Å². The zero-order valence-electron chi connectivity index (χ0n) is 13.4. The van der Waals surface area contributed by atoms with E-state index in [0.29, 0.717) is 23.6 Å². The smallest absolute Gasteiger partial charge is 0.325 e. The van der Waals surface area contributed by atoms with Crippen LogP contribution in [0.4, 0.5) is 0 Å². The molecule has 0 saturated carbocycles. The number of hydrogen-bond acceptors (Lipinski definition) is 3. The number of nitrogens with one attached hydrogen (secondary N) is 2. The molecule has 1 heterocycles. The lowest BCUT2D eigenvalue weighted by molar-refractivity contribution is -0.131. The fraction of sp³-hybridized carbons (Fsp3) is 0.667. The van der Waals surface area contributed by atoms with E-state index in [2.05, 4.69) is 23.8 Å². The first kappa shape index (κ1) is 17.2. The molecule has 0 aliphatic carbocycles. The Morgan fingerprint density at radius 3 is 2.33 bits per heavy atom. The predicted octanol–water partition coefficient (Wildman–Crippen LogP) is 1.20. The van der Waals surface area contributed by atoms with Crippen LogP contribution < -0.4 is 11.2 Å². The van der Waals surface area contributed by atoms with E-state index in [1.54, 1.807) is 18.9 Å². The molecule has 0 spiro atoms.